The van der Waals surface area contributed by atoms with Crippen molar-refractivity contribution in [3.05, 3.63) is 0 Å². The van der Waals surface area contributed by atoms with Crippen LogP contribution in [-0.2, 0) is 4.79 Å². The largest absolute Gasteiger partial charge is 0.396 e. The van der Waals surface area contributed by atoms with Crippen LogP contribution in [0.5, 0.6) is 0 Å². The number of carbonyl (C=O) groups is 1. The van der Waals surface area contributed by atoms with E-state index in [1.165, 1.54) is 0 Å². The van der Waals surface area contributed by atoms with Crippen LogP contribution in [-0.4, -0.2) is 29.2 Å². The second-order valence-electron chi connectivity index (χ2n) is 5.43. The number of hydrogen-bond acceptors (Lipinski definition) is 3. The summed E-state index contributed by atoms with van der Waals surface area (Å²) >= 11 is 0. The van der Waals surface area contributed by atoms with Gasteiger partial charge in [-0.15, -0.1) is 0 Å². The summed E-state index contributed by atoms with van der Waals surface area (Å²) in [4.78, 5) is 12.2. The Balaban J connectivity index is 2.57. The number of nitrogens with two attached hydrogens (primary N) is 1. The van der Waals surface area contributed by atoms with Crippen molar-refractivity contribution in [1.29, 1.82) is 0 Å². The average Bonchev–Trinajstić information content (AvgIpc) is 2.29. The van der Waals surface area contributed by atoms with Gasteiger partial charge in [0.05, 0.1) is 5.92 Å². The number of nitrogens with one attached hydrogen (secondary N) is 1. The standard InChI is InChI=1S/C13H26N2O2/c1-3-13(2,8-9-16)15-12(17)10-6-4-5-7-11(10)14/h10-11,16H,3-9,14H2,1-2H3,(H,15,17). The van der Waals surface area contributed by atoms with Crippen molar-refractivity contribution in [2.75, 3.05) is 6.61 Å². The fourth-order valence-electron chi connectivity index (χ4n) is 2.45. The lowest BCUT2D eigenvalue weighted by atomic mass is 9.83. The maximum absolute atomic E-state index is 12.2. The van der Waals surface area contributed by atoms with Crippen LogP contribution >= 0.6 is 0 Å². The first-order valence-electron chi connectivity index (χ1n) is 6.71. The van der Waals surface area contributed by atoms with E-state index in [4.69, 9.17) is 10.8 Å². The number of rotatable bonds is 5. The highest BCUT2D eigenvalue weighted by Crippen LogP contribution is 2.24. The molecule has 0 aromatic rings. The van der Waals surface area contributed by atoms with Crippen LogP contribution < -0.4 is 11.1 Å². The number of aliphatic hydroxyl groups excluding tert-OH is 1. The van der Waals surface area contributed by atoms with Gasteiger partial charge in [0.2, 0.25) is 5.91 Å². The minimum atomic E-state index is -0.303. The Bertz CT molecular complexity index is 258. The maximum atomic E-state index is 12.2. The third-order valence-corrected chi connectivity index (χ3v) is 4.03. The van der Waals surface area contributed by atoms with Crippen LogP contribution in [0.25, 0.3) is 0 Å². The molecule has 3 atom stereocenters. The van der Waals surface area contributed by atoms with Crippen LogP contribution in [0, 0.1) is 5.92 Å². The second-order valence-corrected chi connectivity index (χ2v) is 5.43. The van der Waals surface area contributed by atoms with Gasteiger partial charge in [-0.3, -0.25) is 4.79 Å². The number of amides is 1. The minimum absolute atomic E-state index is 0.000942. The summed E-state index contributed by atoms with van der Waals surface area (Å²) in [6, 6.07) is -0.000942. The van der Waals surface area contributed by atoms with E-state index in [1.54, 1.807) is 0 Å². The molecule has 0 bridgehead atoms. The monoisotopic (exact) mass is 242 g/mol. The van der Waals surface area contributed by atoms with Crippen molar-refractivity contribution in [3.63, 3.8) is 0 Å². The van der Waals surface area contributed by atoms with E-state index in [2.05, 4.69) is 5.32 Å². The third kappa shape index (κ3) is 3.96. The fraction of sp³-hybridized carbons (Fsp3) is 0.923. The molecule has 1 saturated carbocycles. The van der Waals surface area contributed by atoms with E-state index in [1.807, 2.05) is 13.8 Å². The SMILES string of the molecule is CCC(C)(CCO)NC(=O)C1CCCCC1N. The topological polar surface area (TPSA) is 75.3 Å². The van der Waals surface area contributed by atoms with Gasteiger partial charge in [-0.05, 0) is 32.6 Å². The first-order chi connectivity index (χ1) is 8.02. The highest BCUT2D eigenvalue weighted by atomic mass is 16.3. The molecule has 1 amide bonds. The fourth-order valence-corrected chi connectivity index (χ4v) is 2.45. The van der Waals surface area contributed by atoms with Gasteiger partial charge in [0.15, 0.2) is 0 Å². The highest BCUT2D eigenvalue weighted by molar-refractivity contribution is 5.80. The van der Waals surface area contributed by atoms with Gasteiger partial charge < -0.3 is 16.2 Å². The Labute approximate surface area is 104 Å². The molecule has 0 aromatic carbocycles. The molecule has 4 heteroatoms. The molecule has 0 saturated heterocycles. The normalized spacial score (nSPS) is 28.5. The zero-order valence-electron chi connectivity index (χ0n) is 11.0. The minimum Gasteiger partial charge on any atom is -0.396 e. The summed E-state index contributed by atoms with van der Waals surface area (Å²) in [5.74, 6) is 0.0170. The first kappa shape index (κ1) is 14.5. The van der Waals surface area contributed by atoms with Crippen molar-refractivity contribution in [1.82, 2.24) is 5.32 Å². The Morgan fingerprint density at radius 3 is 2.65 bits per heavy atom. The molecule has 4 nitrogen and oxygen atoms in total. The van der Waals surface area contributed by atoms with Crippen molar-refractivity contribution in [2.45, 2.75) is 64.0 Å². The van der Waals surface area contributed by atoms with Crippen molar-refractivity contribution >= 4 is 5.91 Å². The maximum Gasteiger partial charge on any atom is 0.225 e. The molecule has 1 aliphatic rings. The average molecular weight is 242 g/mol. The zero-order valence-corrected chi connectivity index (χ0v) is 11.0. The molecule has 4 N–H and O–H groups in total. The van der Waals surface area contributed by atoms with Gasteiger partial charge >= 0.3 is 0 Å². The van der Waals surface area contributed by atoms with Gasteiger partial charge in [-0.1, -0.05) is 19.8 Å². The van der Waals surface area contributed by atoms with Crippen molar-refractivity contribution < 1.29 is 9.90 Å². The van der Waals surface area contributed by atoms with E-state index >= 15 is 0 Å². The zero-order chi connectivity index (χ0) is 12.9. The van der Waals surface area contributed by atoms with Gasteiger partial charge in [0, 0.05) is 18.2 Å². The molecule has 0 aliphatic heterocycles. The molecule has 0 aromatic heterocycles. The van der Waals surface area contributed by atoms with Crippen LogP contribution in [0.3, 0.4) is 0 Å². The van der Waals surface area contributed by atoms with Crippen molar-refractivity contribution in [3.8, 4) is 0 Å². The van der Waals surface area contributed by atoms with E-state index in [9.17, 15) is 4.79 Å². The van der Waals surface area contributed by atoms with E-state index in [0.29, 0.717) is 6.42 Å². The molecule has 0 heterocycles. The van der Waals surface area contributed by atoms with Crippen LogP contribution in [0.1, 0.15) is 52.4 Å². The predicted molar refractivity (Wildman–Crippen MR) is 68.5 cm³/mol. The highest BCUT2D eigenvalue weighted by Gasteiger charge is 2.32. The molecular weight excluding hydrogens is 216 g/mol. The summed E-state index contributed by atoms with van der Waals surface area (Å²) in [5, 5.41) is 12.1. The summed E-state index contributed by atoms with van der Waals surface area (Å²) in [6.07, 6.45) is 5.48. The number of aliphatic hydroxyl groups is 1. The second kappa shape index (κ2) is 6.36. The summed E-state index contributed by atoms with van der Waals surface area (Å²) in [6.45, 7) is 4.10. The molecule has 0 spiro atoms. The lowest BCUT2D eigenvalue weighted by Crippen LogP contribution is -2.52. The quantitative estimate of drug-likeness (QED) is 0.677. The first-order valence-corrected chi connectivity index (χ1v) is 6.71. The van der Waals surface area contributed by atoms with Crippen LogP contribution in [0.2, 0.25) is 0 Å². The third-order valence-electron chi connectivity index (χ3n) is 4.03. The molecule has 3 unspecified atom stereocenters. The van der Waals surface area contributed by atoms with Crippen LogP contribution in [0.4, 0.5) is 0 Å². The van der Waals surface area contributed by atoms with Crippen LogP contribution in [0.15, 0.2) is 0 Å². The van der Waals surface area contributed by atoms with Gasteiger partial charge in [-0.2, -0.15) is 0 Å². The molecule has 1 aliphatic carbocycles. The molecule has 100 valence electrons. The molecule has 1 rings (SSSR count). The van der Waals surface area contributed by atoms with Gasteiger partial charge in [0.1, 0.15) is 0 Å². The van der Waals surface area contributed by atoms with Crippen molar-refractivity contribution in [2.24, 2.45) is 11.7 Å². The molecular formula is C13H26N2O2. The lowest BCUT2D eigenvalue weighted by molar-refractivity contribution is -0.128. The van der Waals surface area contributed by atoms with E-state index in [-0.39, 0.29) is 30.0 Å². The molecule has 0 radical (unpaired) electrons. The lowest BCUT2D eigenvalue weighted by Gasteiger charge is -2.34. The summed E-state index contributed by atoms with van der Waals surface area (Å²) in [7, 11) is 0. The Kier molecular flexibility index (Phi) is 5.40. The Morgan fingerprint density at radius 1 is 1.47 bits per heavy atom. The predicted octanol–water partition coefficient (Wildman–Crippen LogP) is 1.17. The summed E-state index contributed by atoms with van der Waals surface area (Å²) < 4.78 is 0. The van der Waals surface area contributed by atoms with E-state index in [0.717, 1.165) is 32.1 Å². The smallest absolute Gasteiger partial charge is 0.225 e. The summed E-state index contributed by atoms with van der Waals surface area (Å²) in [5.41, 5.74) is 5.70. The van der Waals surface area contributed by atoms with Gasteiger partial charge in [-0.25, -0.2) is 0 Å². The Hall–Kier alpha value is -0.610. The Morgan fingerprint density at radius 2 is 2.12 bits per heavy atom. The molecule has 17 heavy (non-hydrogen) atoms. The molecule has 1 fully saturated rings. The number of hydrogen-bond donors (Lipinski definition) is 3. The van der Waals surface area contributed by atoms with E-state index < -0.39 is 0 Å². The number of carbonyl (C=O) groups excluding carboxylic acids is 1. The van der Waals surface area contributed by atoms with Gasteiger partial charge in [0.25, 0.3) is 0 Å².